The predicted molar refractivity (Wildman–Crippen MR) is 73.8 cm³/mol. The molecule has 0 bridgehead atoms. The molecule has 118 valence electrons. The van der Waals surface area contributed by atoms with Crippen molar-refractivity contribution in [2.75, 3.05) is 7.11 Å². The number of hydrogen-bond acceptors (Lipinski definition) is 4. The number of ether oxygens (including phenoxy) is 2. The van der Waals surface area contributed by atoms with E-state index in [-0.39, 0.29) is 17.2 Å². The van der Waals surface area contributed by atoms with Crippen LogP contribution in [0.15, 0.2) is 42.5 Å². The van der Waals surface area contributed by atoms with E-state index >= 15 is 0 Å². The van der Waals surface area contributed by atoms with Gasteiger partial charge in [0, 0.05) is 0 Å². The SMILES string of the molecule is COc1cc([C@@H](N)c2ccc(OC(F)(F)F)cc2)ccc1O. The average molecular weight is 313 g/mol. The molecular formula is C15H14F3NO3. The molecule has 22 heavy (non-hydrogen) atoms. The molecule has 0 heterocycles. The highest BCUT2D eigenvalue weighted by Crippen LogP contribution is 2.31. The number of benzene rings is 2. The second-order valence-corrected chi connectivity index (χ2v) is 4.53. The van der Waals surface area contributed by atoms with E-state index in [1.807, 2.05) is 0 Å². The highest BCUT2D eigenvalue weighted by molar-refractivity contribution is 5.45. The minimum absolute atomic E-state index is 0.0209. The molecule has 3 N–H and O–H groups in total. The molecule has 2 rings (SSSR count). The maximum atomic E-state index is 12.1. The maximum absolute atomic E-state index is 12.1. The van der Waals surface area contributed by atoms with E-state index in [4.69, 9.17) is 10.5 Å². The minimum Gasteiger partial charge on any atom is -0.504 e. The van der Waals surface area contributed by atoms with Gasteiger partial charge < -0.3 is 20.3 Å². The fourth-order valence-electron chi connectivity index (χ4n) is 1.96. The van der Waals surface area contributed by atoms with Crippen LogP contribution < -0.4 is 15.2 Å². The molecule has 0 aliphatic rings. The number of hydrogen-bond donors (Lipinski definition) is 2. The number of alkyl halides is 3. The smallest absolute Gasteiger partial charge is 0.504 e. The molecule has 0 aliphatic heterocycles. The van der Waals surface area contributed by atoms with Crippen LogP contribution in [0.1, 0.15) is 17.2 Å². The van der Waals surface area contributed by atoms with Gasteiger partial charge in [0.2, 0.25) is 0 Å². The molecule has 0 aromatic heterocycles. The van der Waals surface area contributed by atoms with Crippen LogP contribution in [0, 0.1) is 0 Å². The Morgan fingerprint density at radius 2 is 1.64 bits per heavy atom. The van der Waals surface area contributed by atoms with Gasteiger partial charge in [0.25, 0.3) is 0 Å². The first-order valence-corrected chi connectivity index (χ1v) is 6.28. The van der Waals surface area contributed by atoms with Crippen molar-refractivity contribution in [3.05, 3.63) is 53.6 Å². The van der Waals surface area contributed by atoms with E-state index in [9.17, 15) is 18.3 Å². The Morgan fingerprint density at radius 1 is 1.05 bits per heavy atom. The normalized spacial score (nSPS) is 12.8. The molecule has 2 aromatic carbocycles. The number of halogens is 3. The van der Waals surface area contributed by atoms with Crippen LogP contribution in [0.5, 0.6) is 17.2 Å². The van der Waals surface area contributed by atoms with Crippen molar-refractivity contribution in [1.82, 2.24) is 0 Å². The average Bonchev–Trinajstić information content (AvgIpc) is 2.46. The Kier molecular flexibility index (Phi) is 4.46. The molecule has 0 fully saturated rings. The van der Waals surface area contributed by atoms with Crippen LogP contribution >= 0.6 is 0 Å². The molecule has 4 nitrogen and oxygen atoms in total. The lowest BCUT2D eigenvalue weighted by atomic mass is 9.99. The van der Waals surface area contributed by atoms with Crippen molar-refractivity contribution in [3.63, 3.8) is 0 Å². The van der Waals surface area contributed by atoms with Crippen molar-refractivity contribution in [2.24, 2.45) is 5.73 Å². The largest absolute Gasteiger partial charge is 0.573 e. The number of phenolic OH excluding ortho intramolecular Hbond substituents is 1. The van der Waals surface area contributed by atoms with Gasteiger partial charge in [0.05, 0.1) is 13.2 Å². The molecule has 0 unspecified atom stereocenters. The molecule has 0 saturated heterocycles. The number of methoxy groups -OCH3 is 1. The zero-order valence-corrected chi connectivity index (χ0v) is 11.6. The highest BCUT2D eigenvalue weighted by atomic mass is 19.4. The van der Waals surface area contributed by atoms with E-state index in [0.717, 1.165) is 0 Å². The van der Waals surface area contributed by atoms with Gasteiger partial charge in [0.15, 0.2) is 11.5 Å². The van der Waals surface area contributed by atoms with Gasteiger partial charge in [-0.3, -0.25) is 0 Å². The summed E-state index contributed by atoms with van der Waals surface area (Å²) in [5, 5.41) is 9.54. The van der Waals surface area contributed by atoms with Crippen LogP contribution in [-0.4, -0.2) is 18.6 Å². The van der Waals surface area contributed by atoms with Crippen LogP contribution in [0.25, 0.3) is 0 Å². The summed E-state index contributed by atoms with van der Waals surface area (Å²) >= 11 is 0. The van der Waals surface area contributed by atoms with E-state index in [1.165, 1.54) is 37.4 Å². The first kappa shape index (κ1) is 16.0. The first-order valence-electron chi connectivity index (χ1n) is 6.28. The van der Waals surface area contributed by atoms with E-state index in [0.29, 0.717) is 11.1 Å². The lowest BCUT2D eigenvalue weighted by Crippen LogP contribution is -2.17. The third kappa shape index (κ3) is 3.82. The first-order chi connectivity index (χ1) is 10.3. The zero-order valence-electron chi connectivity index (χ0n) is 11.6. The Bertz CT molecular complexity index is 641. The summed E-state index contributed by atoms with van der Waals surface area (Å²) in [6.45, 7) is 0. The molecule has 0 amide bonds. The van der Waals surface area contributed by atoms with Crippen LogP contribution in [0.2, 0.25) is 0 Å². The van der Waals surface area contributed by atoms with E-state index in [2.05, 4.69) is 4.74 Å². The number of rotatable bonds is 4. The molecule has 0 radical (unpaired) electrons. The van der Waals surface area contributed by atoms with Crippen LogP contribution in [-0.2, 0) is 0 Å². The number of aromatic hydroxyl groups is 1. The Morgan fingerprint density at radius 3 is 2.18 bits per heavy atom. The topological polar surface area (TPSA) is 64.7 Å². The number of phenols is 1. The molecule has 7 heteroatoms. The zero-order chi connectivity index (χ0) is 16.3. The Balaban J connectivity index is 2.21. The molecular weight excluding hydrogens is 299 g/mol. The summed E-state index contributed by atoms with van der Waals surface area (Å²) in [6, 6.07) is 9.34. The van der Waals surface area contributed by atoms with Crippen LogP contribution in [0.4, 0.5) is 13.2 Å². The Labute approximate surface area is 124 Å². The molecule has 0 aliphatic carbocycles. The van der Waals surface area contributed by atoms with Gasteiger partial charge >= 0.3 is 6.36 Å². The van der Waals surface area contributed by atoms with Crippen molar-refractivity contribution in [1.29, 1.82) is 0 Å². The molecule has 0 spiro atoms. The van der Waals surface area contributed by atoms with Crippen LogP contribution in [0.3, 0.4) is 0 Å². The quantitative estimate of drug-likeness (QED) is 0.908. The van der Waals surface area contributed by atoms with Gasteiger partial charge in [-0.05, 0) is 35.4 Å². The highest BCUT2D eigenvalue weighted by Gasteiger charge is 2.31. The number of nitrogens with two attached hydrogens (primary N) is 1. The summed E-state index contributed by atoms with van der Waals surface area (Å²) in [5.41, 5.74) is 7.32. The molecule has 1 atom stereocenters. The predicted octanol–water partition coefficient (Wildman–Crippen LogP) is 3.35. The summed E-state index contributed by atoms with van der Waals surface area (Å²) in [5.74, 6) is -0.0657. The van der Waals surface area contributed by atoms with Gasteiger partial charge in [-0.1, -0.05) is 18.2 Å². The second-order valence-electron chi connectivity index (χ2n) is 4.53. The standard InChI is InChI=1S/C15H14F3NO3/c1-21-13-8-10(4-7-12(13)20)14(19)9-2-5-11(6-3-9)22-15(16,17)18/h2-8,14,20H,19H2,1H3/t14-/m0/s1. The van der Waals surface area contributed by atoms with Crippen molar-refractivity contribution >= 4 is 0 Å². The Hall–Kier alpha value is -2.41. The summed E-state index contributed by atoms with van der Waals surface area (Å²) in [6.07, 6.45) is -4.73. The van der Waals surface area contributed by atoms with E-state index in [1.54, 1.807) is 12.1 Å². The molecule has 0 saturated carbocycles. The monoisotopic (exact) mass is 313 g/mol. The fraction of sp³-hybridized carbons (Fsp3) is 0.200. The van der Waals surface area contributed by atoms with Gasteiger partial charge in [-0.15, -0.1) is 13.2 Å². The van der Waals surface area contributed by atoms with Gasteiger partial charge in [0.1, 0.15) is 5.75 Å². The molecule has 2 aromatic rings. The third-order valence-electron chi connectivity index (χ3n) is 3.04. The van der Waals surface area contributed by atoms with Gasteiger partial charge in [-0.25, -0.2) is 0 Å². The summed E-state index contributed by atoms with van der Waals surface area (Å²) in [4.78, 5) is 0. The minimum atomic E-state index is -4.73. The van der Waals surface area contributed by atoms with Crippen molar-refractivity contribution < 1.29 is 27.8 Å². The lowest BCUT2D eigenvalue weighted by molar-refractivity contribution is -0.274. The van der Waals surface area contributed by atoms with Crippen molar-refractivity contribution in [2.45, 2.75) is 12.4 Å². The second kappa shape index (κ2) is 6.15. The van der Waals surface area contributed by atoms with Crippen molar-refractivity contribution in [3.8, 4) is 17.2 Å². The van der Waals surface area contributed by atoms with Gasteiger partial charge in [-0.2, -0.15) is 0 Å². The fourth-order valence-corrected chi connectivity index (χ4v) is 1.96. The lowest BCUT2D eigenvalue weighted by Gasteiger charge is -2.15. The third-order valence-corrected chi connectivity index (χ3v) is 3.04. The summed E-state index contributed by atoms with van der Waals surface area (Å²) in [7, 11) is 1.41. The van der Waals surface area contributed by atoms with E-state index < -0.39 is 12.4 Å². The maximum Gasteiger partial charge on any atom is 0.573 e. The summed E-state index contributed by atoms with van der Waals surface area (Å²) < 4.78 is 45.1.